The van der Waals surface area contributed by atoms with E-state index in [-0.39, 0.29) is 5.69 Å². The van der Waals surface area contributed by atoms with E-state index in [9.17, 15) is 9.90 Å². The van der Waals surface area contributed by atoms with Crippen LogP contribution in [0, 0.1) is 0 Å². The predicted molar refractivity (Wildman–Crippen MR) is 103 cm³/mol. The van der Waals surface area contributed by atoms with E-state index in [1.54, 1.807) is 7.11 Å². The van der Waals surface area contributed by atoms with Gasteiger partial charge in [-0.05, 0) is 54.3 Å². The van der Waals surface area contributed by atoms with Crippen molar-refractivity contribution in [1.82, 2.24) is 4.98 Å². The van der Waals surface area contributed by atoms with Crippen molar-refractivity contribution in [1.29, 1.82) is 0 Å². The van der Waals surface area contributed by atoms with Crippen molar-refractivity contribution in [3.63, 3.8) is 0 Å². The summed E-state index contributed by atoms with van der Waals surface area (Å²) >= 11 is 1.40. The second kappa shape index (κ2) is 6.80. The Morgan fingerprint density at radius 1 is 1.19 bits per heavy atom. The van der Waals surface area contributed by atoms with Crippen LogP contribution in [-0.2, 0) is 6.42 Å². The number of fused-ring (bicyclic) bond motifs is 1. The summed E-state index contributed by atoms with van der Waals surface area (Å²) in [6.45, 7) is 0.964. The molecule has 0 saturated carbocycles. The maximum absolute atomic E-state index is 11.7. The van der Waals surface area contributed by atoms with Gasteiger partial charge in [-0.15, -0.1) is 11.3 Å². The molecule has 6 heteroatoms. The minimum Gasteiger partial charge on any atom is -0.497 e. The lowest BCUT2D eigenvalue weighted by Crippen LogP contribution is -2.11. The summed E-state index contributed by atoms with van der Waals surface area (Å²) in [5, 5.41) is 13.7. The monoisotopic (exact) mass is 366 g/mol. The SMILES string of the molecule is COc1ccc(-c2sc(-c3ccc4c(c3)NCCC4)nc2C(=O)O)cc1. The summed E-state index contributed by atoms with van der Waals surface area (Å²) in [7, 11) is 1.60. The molecule has 1 aliphatic rings. The Labute approximate surface area is 155 Å². The Kier molecular flexibility index (Phi) is 4.34. The van der Waals surface area contributed by atoms with Gasteiger partial charge in [0.1, 0.15) is 10.8 Å². The highest BCUT2D eigenvalue weighted by Crippen LogP contribution is 2.37. The van der Waals surface area contributed by atoms with E-state index < -0.39 is 5.97 Å². The lowest BCUT2D eigenvalue weighted by molar-refractivity contribution is 0.0692. The van der Waals surface area contributed by atoms with Crippen LogP contribution in [0.3, 0.4) is 0 Å². The maximum Gasteiger partial charge on any atom is 0.356 e. The zero-order valence-electron chi connectivity index (χ0n) is 14.3. The van der Waals surface area contributed by atoms with E-state index in [1.165, 1.54) is 16.9 Å². The van der Waals surface area contributed by atoms with Crippen molar-refractivity contribution in [2.75, 3.05) is 19.0 Å². The second-order valence-electron chi connectivity index (χ2n) is 6.13. The minimum absolute atomic E-state index is 0.0841. The first-order valence-corrected chi connectivity index (χ1v) is 9.23. The number of hydrogen-bond donors (Lipinski definition) is 2. The van der Waals surface area contributed by atoms with Crippen LogP contribution in [0.2, 0.25) is 0 Å². The van der Waals surface area contributed by atoms with Crippen LogP contribution < -0.4 is 10.1 Å². The molecule has 0 aliphatic carbocycles. The van der Waals surface area contributed by atoms with Crippen LogP contribution in [-0.4, -0.2) is 29.7 Å². The third kappa shape index (κ3) is 3.04. The van der Waals surface area contributed by atoms with Crippen molar-refractivity contribution < 1.29 is 14.6 Å². The molecule has 2 aromatic carbocycles. The van der Waals surface area contributed by atoms with Crippen molar-refractivity contribution in [2.45, 2.75) is 12.8 Å². The first kappa shape index (κ1) is 16.6. The fourth-order valence-corrected chi connectivity index (χ4v) is 4.18. The number of ether oxygens (including phenoxy) is 1. The smallest absolute Gasteiger partial charge is 0.356 e. The molecule has 0 atom stereocenters. The Morgan fingerprint density at radius 2 is 1.96 bits per heavy atom. The van der Waals surface area contributed by atoms with Crippen molar-refractivity contribution in [3.8, 4) is 26.8 Å². The number of rotatable bonds is 4. The molecule has 2 heterocycles. The summed E-state index contributed by atoms with van der Waals surface area (Å²) in [5.41, 5.74) is 4.26. The van der Waals surface area contributed by atoms with Gasteiger partial charge in [0, 0.05) is 17.8 Å². The van der Waals surface area contributed by atoms with Gasteiger partial charge in [0.2, 0.25) is 0 Å². The number of aromatic carboxylic acids is 1. The van der Waals surface area contributed by atoms with Gasteiger partial charge in [0.15, 0.2) is 5.69 Å². The highest BCUT2D eigenvalue weighted by atomic mass is 32.1. The van der Waals surface area contributed by atoms with E-state index >= 15 is 0 Å². The Morgan fingerprint density at radius 3 is 2.69 bits per heavy atom. The molecule has 0 bridgehead atoms. The number of carbonyl (C=O) groups is 1. The van der Waals surface area contributed by atoms with E-state index in [0.29, 0.717) is 9.88 Å². The molecule has 5 nitrogen and oxygen atoms in total. The number of carboxylic acid groups (broad SMARTS) is 1. The Bertz CT molecular complexity index is 964. The summed E-state index contributed by atoms with van der Waals surface area (Å²) in [6.07, 6.45) is 2.20. The summed E-state index contributed by atoms with van der Waals surface area (Å²) in [6, 6.07) is 13.6. The molecule has 2 N–H and O–H groups in total. The van der Waals surface area contributed by atoms with E-state index in [2.05, 4.69) is 22.4 Å². The molecule has 26 heavy (non-hydrogen) atoms. The number of methoxy groups -OCH3 is 1. The van der Waals surface area contributed by atoms with Crippen molar-refractivity contribution in [3.05, 3.63) is 53.7 Å². The molecule has 0 saturated heterocycles. The summed E-state index contributed by atoms with van der Waals surface area (Å²) in [4.78, 5) is 16.8. The van der Waals surface area contributed by atoms with Crippen LogP contribution in [0.4, 0.5) is 5.69 Å². The average molecular weight is 366 g/mol. The normalized spacial score (nSPS) is 13.0. The molecule has 132 valence electrons. The van der Waals surface area contributed by atoms with Crippen molar-refractivity contribution >= 4 is 23.0 Å². The zero-order chi connectivity index (χ0) is 18.1. The van der Waals surface area contributed by atoms with Crippen LogP contribution >= 0.6 is 11.3 Å². The quantitative estimate of drug-likeness (QED) is 0.709. The molecule has 1 aliphatic heterocycles. The van der Waals surface area contributed by atoms with Gasteiger partial charge in [-0.3, -0.25) is 0 Å². The fourth-order valence-electron chi connectivity index (χ4n) is 3.12. The first-order valence-electron chi connectivity index (χ1n) is 8.41. The number of hydrogen-bond acceptors (Lipinski definition) is 5. The molecule has 0 unspecified atom stereocenters. The van der Waals surface area contributed by atoms with E-state index in [4.69, 9.17) is 4.74 Å². The van der Waals surface area contributed by atoms with Crippen molar-refractivity contribution in [2.24, 2.45) is 0 Å². The van der Waals surface area contributed by atoms with Gasteiger partial charge >= 0.3 is 5.97 Å². The number of benzene rings is 2. The van der Waals surface area contributed by atoms with Gasteiger partial charge in [-0.1, -0.05) is 12.1 Å². The molecule has 1 aromatic heterocycles. The average Bonchev–Trinajstić information content (AvgIpc) is 3.13. The number of anilines is 1. The number of nitrogens with zero attached hydrogens (tertiary/aromatic N) is 1. The Hall–Kier alpha value is -2.86. The second-order valence-corrected chi connectivity index (χ2v) is 7.13. The lowest BCUT2D eigenvalue weighted by Gasteiger charge is -2.18. The molecule has 0 spiro atoms. The standard InChI is InChI=1S/C20H18N2O3S/c1-25-15-8-6-13(7-9-15)18-17(20(23)24)22-19(26-18)14-5-4-12-3-2-10-21-16(12)11-14/h4-9,11,21H,2-3,10H2,1H3,(H,23,24). The number of aryl methyl sites for hydroxylation is 1. The molecular formula is C20H18N2O3S. The van der Waals surface area contributed by atoms with Gasteiger partial charge < -0.3 is 15.2 Å². The molecule has 3 aromatic rings. The van der Waals surface area contributed by atoms with Gasteiger partial charge in [0.05, 0.1) is 12.0 Å². The van der Waals surface area contributed by atoms with Gasteiger partial charge in [0.25, 0.3) is 0 Å². The molecule has 0 fully saturated rings. The van der Waals surface area contributed by atoms with E-state index in [1.807, 2.05) is 30.3 Å². The number of aromatic nitrogens is 1. The molecule has 0 amide bonds. The van der Waals surface area contributed by atoms with Crippen LogP contribution in [0.5, 0.6) is 5.75 Å². The highest BCUT2D eigenvalue weighted by Gasteiger charge is 2.20. The molecule has 0 radical (unpaired) electrons. The number of thiazole rings is 1. The summed E-state index contributed by atoms with van der Waals surface area (Å²) in [5.74, 6) is -0.287. The minimum atomic E-state index is -1.02. The first-order chi connectivity index (χ1) is 12.7. The van der Waals surface area contributed by atoms with Gasteiger partial charge in [-0.2, -0.15) is 0 Å². The zero-order valence-corrected chi connectivity index (χ0v) is 15.1. The topological polar surface area (TPSA) is 71.5 Å². The largest absolute Gasteiger partial charge is 0.497 e. The molecular weight excluding hydrogens is 348 g/mol. The van der Waals surface area contributed by atoms with Gasteiger partial charge in [-0.25, -0.2) is 9.78 Å². The van der Waals surface area contributed by atoms with Crippen LogP contribution in [0.15, 0.2) is 42.5 Å². The maximum atomic E-state index is 11.7. The van der Waals surface area contributed by atoms with E-state index in [0.717, 1.165) is 42.0 Å². The fraction of sp³-hybridized carbons (Fsp3) is 0.200. The predicted octanol–water partition coefficient (Wildman–Crippen LogP) is 4.54. The number of carboxylic acids is 1. The van der Waals surface area contributed by atoms with Crippen LogP contribution in [0.1, 0.15) is 22.5 Å². The third-order valence-electron chi connectivity index (χ3n) is 4.48. The third-order valence-corrected chi connectivity index (χ3v) is 5.63. The molecule has 4 rings (SSSR count). The lowest BCUT2D eigenvalue weighted by atomic mass is 10.0. The Balaban J connectivity index is 1.77. The highest BCUT2D eigenvalue weighted by molar-refractivity contribution is 7.18. The summed E-state index contributed by atoms with van der Waals surface area (Å²) < 4.78 is 5.17. The number of nitrogens with one attached hydrogen (secondary N) is 1. The van der Waals surface area contributed by atoms with Crippen LogP contribution in [0.25, 0.3) is 21.0 Å².